The molecule has 0 fully saturated rings. The van der Waals surface area contributed by atoms with Gasteiger partial charge in [-0.3, -0.25) is 37.3 Å². The Morgan fingerprint density at radius 3 is 0.630 bits per heavy atom. The Bertz CT molecular complexity index is 2080. The number of unbranched alkanes of at least 4 members (excludes halogenated alkanes) is 55. The maximum Gasteiger partial charge on any atom is 0.472 e. The van der Waals surface area contributed by atoms with Crippen molar-refractivity contribution in [2.45, 2.75) is 491 Å². The molecule has 19 heteroatoms. The number of ether oxygens (including phenoxy) is 4. The van der Waals surface area contributed by atoms with Gasteiger partial charge in [-0.1, -0.05) is 421 Å². The summed E-state index contributed by atoms with van der Waals surface area (Å²) in [4.78, 5) is 73.4. The maximum atomic E-state index is 13.2. The molecule has 0 radical (unpaired) electrons. The van der Waals surface area contributed by atoms with Crippen LogP contribution in [-0.2, 0) is 65.4 Å². The smallest absolute Gasteiger partial charge is 0.462 e. The van der Waals surface area contributed by atoms with Crippen LogP contribution in [0.3, 0.4) is 0 Å². The lowest BCUT2D eigenvalue weighted by Gasteiger charge is -2.21. The number of aliphatic hydroxyl groups is 1. The number of aliphatic hydroxyl groups excluding tert-OH is 1. The summed E-state index contributed by atoms with van der Waals surface area (Å²) in [6, 6.07) is 0. The molecule has 108 heavy (non-hydrogen) atoms. The predicted molar refractivity (Wildman–Crippen MR) is 446 cm³/mol. The topological polar surface area (TPSA) is 237 Å². The van der Waals surface area contributed by atoms with Crippen LogP contribution in [0.25, 0.3) is 0 Å². The van der Waals surface area contributed by atoms with Crippen molar-refractivity contribution in [2.24, 2.45) is 17.8 Å². The van der Waals surface area contributed by atoms with Gasteiger partial charge < -0.3 is 33.8 Å². The first kappa shape index (κ1) is 106. The van der Waals surface area contributed by atoms with E-state index in [9.17, 15) is 43.2 Å². The van der Waals surface area contributed by atoms with E-state index < -0.39 is 97.5 Å². The number of phosphoric ester groups is 2. The minimum absolute atomic E-state index is 0.108. The molecule has 5 atom stereocenters. The van der Waals surface area contributed by atoms with Crippen molar-refractivity contribution in [3.63, 3.8) is 0 Å². The van der Waals surface area contributed by atoms with Gasteiger partial charge in [-0.2, -0.15) is 0 Å². The van der Waals surface area contributed by atoms with Gasteiger partial charge in [-0.25, -0.2) is 9.13 Å². The van der Waals surface area contributed by atoms with Crippen LogP contribution in [0.1, 0.15) is 472 Å². The number of carbonyl (C=O) groups excluding carboxylic acids is 4. The second kappa shape index (κ2) is 78.9. The van der Waals surface area contributed by atoms with Crippen molar-refractivity contribution in [1.29, 1.82) is 0 Å². The Morgan fingerprint density at radius 2 is 0.426 bits per heavy atom. The quantitative estimate of drug-likeness (QED) is 0.0222. The highest BCUT2D eigenvalue weighted by Crippen LogP contribution is 2.45. The highest BCUT2D eigenvalue weighted by atomic mass is 31.2. The molecule has 0 aliphatic rings. The fourth-order valence-electron chi connectivity index (χ4n) is 13.9. The van der Waals surface area contributed by atoms with E-state index in [1.54, 1.807) is 0 Å². The highest BCUT2D eigenvalue weighted by Gasteiger charge is 2.31. The molecule has 2 unspecified atom stereocenters. The molecule has 0 aliphatic heterocycles. The number of phosphoric acid groups is 2. The van der Waals surface area contributed by atoms with Crippen molar-refractivity contribution in [3.05, 3.63) is 0 Å². The average molecular weight is 1580 g/mol. The van der Waals surface area contributed by atoms with Gasteiger partial charge in [0.25, 0.3) is 0 Å². The summed E-state index contributed by atoms with van der Waals surface area (Å²) < 4.78 is 69.0. The lowest BCUT2D eigenvalue weighted by atomic mass is 10.0. The maximum absolute atomic E-state index is 13.2. The van der Waals surface area contributed by atoms with E-state index in [2.05, 4.69) is 48.5 Å². The normalized spacial score (nSPS) is 13.8. The summed E-state index contributed by atoms with van der Waals surface area (Å²) in [6.45, 7) is 12.1. The van der Waals surface area contributed by atoms with Crippen LogP contribution >= 0.6 is 15.6 Å². The third-order valence-electron chi connectivity index (χ3n) is 20.9. The molecule has 642 valence electrons. The molecule has 0 aromatic heterocycles. The molecule has 0 bridgehead atoms. The molecule has 0 saturated heterocycles. The van der Waals surface area contributed by atoms with E-state index in [4.69, 9.17) is 37.0 Å². The predicted octanol–water partition coefficient (Wildman–Crippen LogP) is 27.3. The zero-order valence-electron chi connectivity index (χ0n) is 71.3. The van der Waals surface area contributed by atoms with E-state index in [1.807, 2.05) is 0 Å². The van der Waals surface area contributed by atoms with Gasteiger partial charge in [-0.15, -0.1) is 0 Å². The summed E-state index contributed by atoms with van der Waals surface area (Å²) in [5.74, 6) is 0.319. The molecule has 17 nitrogen and oxygen atoms in total. The van der Waals surface area contributed by atoms with Crippen molar-refractivity contribution in [3.8, 4) is 0 Å². The van der Waals surface area contributed by atoms with Crippen molar-refractivity contribution in [1.82, 2.24) is 0 Å². The first-order valence-electron chi connectivity index (χ1n) is 45.8. The zero-order chi connectivity index (χ0) is 79.3. The fourth-order valence-corrected chi connectivity index (χ4v) is 15.5. The summed E-state index contributed by atoms with van der Waals surface area (Å²) in [5.41, 5.74) is 0. The minimum atomic E-state index is -4.97. The van der Waals surface area contributed by atoms with Gasteiger partial charge in [0.2, 0.25) is 0 Å². The van der Waals surface area contributed by atoms with E-state index in [0.717, 1.165) is 108 Å². The largest absolute Gasteiger partial charge is 0.472 e. The van der Waals surface area contributed by atoms with Crippen LogP contribution in [0.2, 0.25) is 0 Å². The third kappa shape index (κ3) is 82.1. The van der Waals surface area contributed by atoms with Crippen LogP contribution in [0, 0.1) is 17.8 Å². The summed E-state index contributed by atoms with van der Waals surface area (Å²) in [6.07, 6.45) is 70.7. The molecular formula is C89H174O17P2. The van der Waals surface area contributed by atoms with E-state index in [0.29, 0.717) is 25.7 Å². The highest BCUT2D eigenvalue weighted by molar-refractivity contribution is 7.47. The average Bonchev–Trinajstić information content (AvgIpc) is 0.898. The van der Waals surface area contributed by atoms with Gasteiger partial charge >= 0.3 is 39.5 Å². The lowest BCUT2D eigenvalue weighted by Crippen LogP contribution is -2.30. The third-order valence-corrected chi connectivity index (χ3v) is 22.8. The number of rotatable bonds is 87. The van der Waals surface area contributed by atoms with E-state index in [1.165, 1.54) is 283 Å². The Kier molecular flexibility index (Phi) is 77.5. The molecule has 0 spiro atoms. The molecular weight excluding hydrogens is 1400 g/mol. The molecule has 0 rings (SSSR count). The monoisotopic (exact) mass is 1580 g/mol. The molecule has 3 N–H and O–H groups in total. The standard InChI is InChI=1S/C89H174O17P2/c1-8-9-10-11-12-13-14-25-35-42-49-56-63-70-86(91)99-76-84(106-89(94)73-66-59-52-45-38-31-24-23-28-34-41-48-55-62-69-82(6)7)78-103-107(95,96)101-74-83(90)75-102-108(97,98)104-79-85(105-88(93)72-65-58-51-44-37-30-22-18-16-20-27-33-40-47-54-61-68-81(4)5)77-100-87(92)71-64-57-50-43-36-29-21-17-15-19-26-32-39-46-53-60-67-80(2)3/h80-85,90H,8-79H2,1-7H3,(H,95,96)(H,97,98)/t83-,84+,85+/m0/s1. The number of esters is 4. The second-order valence-electron chi connectivity index (χ2n) is 33.4. The SMILES string of the molecule is CCCCCCCCCCCCCCCC(=O)OC[C@H](COP(=O)(O)OC[C@H](O)COP(=O)(O)OC[C@@H](COC(=O)CCCCCCCCCCCCCCCCCCC(C)C)OC(=O)CCCCCCCCCCCCCCCCCCC(C)C)OC(=O)CCCCCCCCCCCCCCCCC(C)C. The molecule has 0 saturated carbocycles. The van der Waals surface area contributed by atoms with Crippen molar-refractivity contribution >= 4 is 39.5 Å². The van der Waals surface area contributed by atoms with E-state index >= 15 is 0 Å². The fraction of sp³-hybridized carbons (Fsp3) is 0.955. The van der Waals surface area contributed by atoms with Gasteiger partial charge in [0.05, 0.1) is 26.4 Å². The van der Waals surface area contributed by atoms with Crippen LogP contribution in [0.15, 0.2) is 0 Å². The lowest BCUT2D eigenvalue weighted by molar-refractivity contribution is -0.161. The van der Waals surface area contributed by atoms with Gasteiger partial charge in [0, 0.05) is 25.7 Å². The number of carbonyl (C=O) groups is 4. The summed E-state index contributed by atoms with van der Waals surface area (Å²) in [5, 5.41) is 10.7. The van der Waals surface area contributed by atoms with Crippen LogP contribution in [-0.4, -0.2) is 96.7 Å². The number of hydrogen-bond acceptors (Lipinski definition) is 15. The van der Waals surface area contributed by atoms with Gasteiger partial charge in [-0.05, 0) is 43.4 Å². The second-order valence-corrected chi connectivity index (χ2v) is 36.3. The van der Waals surface area contributed by atoms with Crippen molar-refractivity contribution in [2.75, 3.05) is 39.6 Å². The Hall–Kier alpha value is -1.94. The molecule has 0 aromatic carbocycles. The first-order chi connectivity index (χ1) is 52.2. The Morgan fingerprint density at radius 1 is 0.250 bits per heavy atom. The van der Waals surface area contributed by atoms with Crippen LogP contribution in [0.5, 0.6) is 0 Å². The Labute approximate surface area is 664 Å². The van der Waals surface area contributed by atoms with E-state index in [-0.39, 0.29) is 25.7 Å². The molecule has 0 amide bonds. The first-order valence-corrected chi connectivity index (χ1v) is 48.8. The zero-order valence-corrected chi connectivity index (χ0v) is 73.1. The molecule has 0 heterocycles. The van der Waals surface area contributed by atoms with Crippen molar-refractivity contribution < 1.29 is 80.2 Å². The Balaban J connectivity index is 5.27. The summed E-state index contributed by atoms with van der Waals surface area (Å²) >= 11 is 0. The van der Waals surface area contributed by atoms with Gasteiger partial charge in [0.1, 0.15) is 19.3 Å². The number of hydrogen-bond donors (Lipinski definition) is 3. The minimum Gasteiger partial charge on any atom is -0.462 e. The molecule has 0 aromatic rings. The molecule has 0 aliphatic carbocycles. The van der Waals surface area contributed by atoms with Crippen LogP contribution < -0.4 is 0 Å². The summed E-state index contributed by atoms with van der Waals surface area (Å²) in [7, 11) is -9.93. The van der Waals surface area contributed by atoms with Crippen LogP contribution in [0.4, 0.5) is 0 Å². The van der Waals surface area contributed by atoms with Gasteiger partial charge in [0.15, 0.2) is 12.2 Å².